The Morgan fingerprint density at radius 3 is 1.55 bits per heavy atom. The van der Waals surface area contributed by atoms with Crippen LogP contribution in [0.1, 0.15) is 31.9 Å². The van der Waals surface area contributed by atoms with E-state index in [1.165, 1.54) is 11.1 Å². The zero-order valence-electron chi connectivity index (χ0n) is 12.6. The molecule has 0 amide bonds. The van der Waals surface area contributed by atoms with Crippen LogP contribution in [0, 0.1) is 0 Å². The van der Waals surface area contributed by atoms with Gasteiger partial charge in [-0.2, -0.15) is 0 Å². The fourth-order valence-electron chi connectivity index (χ4n) is 2.48. The van der Waals surface area contributed by atoms with Crippen LogP contribution >= 0.6 is 0 Å². The van der Waals surface area contributed by atoms with E-state index in [9.17, 15) is 0 Å². The highest BCUT2D eigenvalue weighted by Crippen LogP contribution is 2.34. The monoisotopic (exact) mass is 283 g/mol. The Kier molecular flexibility index (Phi) is 5.15. The molecule has 1 radical (unpaired) electrons. The van der Waals surface area contributed by atoms with Crippen LogP contribution in [0.2, 0.25) is 12.1 Å². The summed E-state index contributed by atoms with van der Waals surface area (Å²) >= 11 is 0. The fraction of sp³-hybridized carbons (Fsp3) is 0.333. The fourth-order valence-corrected chi connectivity index (χ4v) is 4.08. The van der Waals surface area contributed by atoms with Crippen molar-refractivity contribution in [3.8, 4) is 0 Å². The van der Waals surface area contributed by atoms with Gasteiger partial charge < -0.3 is 4.43 Å². The number of benzene rings is 2. The van der Waals surface area contributed by atoms with Gasteiger partial charge in [0.2, 0.25) is 9.04 Å². The molecule has 105 valence electrons. The van der Waals surface area contributed by atoms with Gasteiger partial charge in [0.15, 0.2) is 0 Å². The molecule has 1 nitrogen and oxygen atoms in total. The average molecular weight is 283 g/mol. The molecule has 0 aliphatic heterocycles. The van der Waals surface area contributed by atoms with Crippen LogP contribution < -0.4 is 0 Å². The highest BCUT2D eigenvalue weighted by atomic mass is 28.3. The molecule has 0 spiro atoms. The predicted octanol–water partition coefficient (Wildman–Crippen LogP) is 5.00. The largest absolute Gasteiger partial charge is 0.403 e. The maximum Gasteiger partial charge on any atom is 0.212 e. The molecule has 0 atom stereocenters. The third-order valence-electron chi connectivity index (χ3n) is 3.79. The summed E-state index contributed by atoms with van der Waals surface area (Å²) in [7, 11) is -0.774. The number of rotatable bonds is 6. The van der Waals surface area contributed by atoms with E-state index in [-0.39, 0.29) is 5.60 Å². The van der Waals surface area contributed by atoms with Crippen molar-refractivity contribution >= 4 is 9.04 Å². The van der Waals surface area contributed by atoms with Crippen molar-refractivity contribution in [2.75, 3.05) is 0 Å². The van der Waals surface area contributed by atoms with E-state index >= 15 is 0 Å². The summed E-state index contributed by atoms with van der Waals surface area (Å²) in [6.07, 6.45) is 0. The van der Waals surface area contributed by atoms with Gasteiger partial charge >= 0.3 is 0 Å². The van der Waals surface area contributed by atoms with Crippen LogP contribution in [0.25, 0.3) is 0 Å². The summed E-state index contributed by atoms with van der Waals surface area (Å²) in [5.74, 6) is 0. The van der Waals surface area contributed by atoms with Crippen LogP contribution in [-0.2, 0) is 10.0 Å². The maximum atomic E-state index is 6.61. The van der Waals surface area contributed by atoms with Crippen molar-refractivity contribution in [2.45, 2.75) is 38.5 Å². The van der Waals surface area contributed by atoms with Crippen molar-refractivity contribution in [1.82, 2.24) is 0 Å². The lowest BCUT2D eigenvalue weighted by Crippen LogP contribution is -2.34. The Morgan fingerprint density at radius 1 is 0.800 bits per heavy atom. The Labute approximate surface area is 124 Å². The molecule has 0 aromatic heterocycles. The maximum absolute atomic E-state index is 6.61. The van der Waals surface area contributed by atoms with Crippen molar-refractivity contribution in [3.05, 3.63) is 71.8 Å². The molecule has 0 aliphatic rings. The van der Waals surface area contributed by atoms with Gasteiger partial charge in [-0.05, 0) is 30.1 Å². The minimum atomic E-state index is -0.774. The Bertz CT molecular complexity index is 466. The molecule has 2 heteroatoms. The van der Waals surface area contributed by atoms with Crippen LogP contribution in [0.15, 0.2) is 60.7 Å². The molecule has 20 heavy (non-hydrogen) atoms. The molecular weight excluding hydrogens is 260 g/mol. The van der Waals surface area contributed by atoms with Crippen LogP contribution in [0.3, 0.4) is 0 Å². The standard InChI is InChI=1S/C18H23OSi/c1-4-20(5-2)19-18(3,16-12-8-6-9-13-16)17-14-10-7-11-15-17/h6-15H,4-5H2,1-3H3. The van der Waals surface area contributed by atoms with E-state index in [4.69, 9.17) is 4.43 Å². The van der Waals surface area contributed by atoms with Gasteiger partial charge in [-0.15, -0.1) is 0 Å². The third-order valence-corrected chi connectivity index (χ3v) is 6.06. The second-order valence-corrected chi connectivity index (χ2v) is 7.81. The van der Waals surface area contributed by atoms with Crippen LogP contribution in [0.4, 0.5) is 0 Å². The minimum absolute atomic E-state index is 0.344. The molecular formula is C18H23OSi. The topological polar surface area (TPSA) is 9.23 Å². The average Bonchev–Trinajstić information content (AvgIpc) is 2.54. The first kappa shape index (κ1) is 15.0. The Hall–Kier alpha value is -1.38. The molecule has 2 aromatic carbocycles. The van der Waals surface area contributed by atoms with Crippen molar-refractivity contribution < 1.29 is 4.43 Å². The lowest BCUT2D eigenvalue weighted by molar-refractivity contribution is 0.129. The predicted molar refractivity (Wildman–Crippen MR) is 87.1 cm³/mol. The van der Waals surface area contributed by atoms with E-state index in [2.05, 4.69) is 81.4 Å². The van der Waals surface area contributed by atoms with Crippen molar-refractivity contribution in [2.24, 2.45) is 0 Å². The highest BCUT2D eigenvalue weighted by molar-refractivity contribution is 6.51. The summed E-state index contributed by atoms with van der Waals surface area (Å²) in [6.45, 7) is 6.66. The summed E-state index contributed by atoms with van der Waals surface area (Å²) in [5, 5.41) is 0. The summed E-state index contributed by atoms with van der Waals surface area (Å²) < 4.78 is 6.61. The van der Waals surface area contributed by atoms with Gasteiger partial charge in [0.1, 0.15) is 5.60 Å². The molecule has 2 rings (SSSR count). The minimum Gasteiger partial charge on any atom is -0.403 e. The second kappa shape index (κ2) is 6.87. The summed E-state index contributed by atoms with van der Waals surface area (Å²) in [6, 6.07) is 23.4. The lowest BCUT2D eigenvalue weighted by atomic mass is 9.88. The normalized spacial score (nSPS) is 11.8. The Morgan fingerprint density at radius 2 is 1.20 bits per heavy atom. The molecule has 0 N–H and O–H groups in total. The first-order chi connectivity index (χ1) is 9.70. The number of hydrogen-bond donors (Lipinski definition) is 0. The van der Waals surface area contributed by atoms with E-state index in [1.54, 1.807) is 0 Å². The molecule has 0 saturated carbocycles. The highest BCUT2D eigenvalue weighted by Gasteiger charge is 2.32. The van der Waals surface area contributed by atoms with Gasteiger partial charge in [0.25, 0.3) is 0 Å². The van der Waals surface area contributed by atoms with E-state index in [0.717, 1.165) is 12.1 Å². The van der Waals surface area contributed by atoms with Gasteiger partial charge in [-0.3, -0.25) is 0 Å². The van der Waals surface area contributed by atoms with E-state index in [0.29, 0.717) is 0 Å². The lowest BCUT2D eigenvalue weighted by Gasteiger charge is -2.34. The molecule has 0 saturated heterocycles. The van der Waals surface area contributed by atoms with Gasteiger partial charge in [0.05, 0.1) is 0 Å². The SMILES string of the molecule is CC[Si](CC)OC(C)(c1ccccc1)c1ccccc1. The van der Waals surface area contributed by atoms with E-state index in [1.807, 2.05) is 0 Å². The van der Waals surface area contributed by atoms with E-state index < -0.39 is 9.04 Å². The Balaban J connectivity index is 2.43. The zero-order valence-corrected chi connectivity index (χ0v) is 13.6. The smallest absolute Gasteiger partial charge is 0.212 e. The molecule has 0 aliphatic carbocycles. The van der Waals surface area contributed by atoms with Gasteiger partial charge in [-0.1, -0.05) is 74.5 Å². The third kappa shape index (κ3) is 3.19. The number of hydrogen-bond acceptors (Lipinski definition) is 1. The zero-order chi connectivity index (χ0) is 14.4. The van der Waals surface area contributed by atoms with Crippen molar-refractivity contribution in [3.63, 3.8) is 0 Å². The first-order valence-electron chi connectivity index (χ1n) is 7.35. The molecule has 2 aromatic rings. The second-order valence-electron chi connectivity index (χ2n) is 5.11. The summed E-state index contributed by atoms with van der Waals surface area (Å²) in [5.41, 5.74) is 2.12. The van der Waals surface area contributed by atoms with Crippen molar-refractivity contribution in [1.29, 1.82) is 0 Å². The van der Waals surface area contributed by atoms with Crippen LogP contribution in [-0.4, -0.2) is 9.04 Å². The van der Waals surface area contributed by atoms with Gasteiger partial charge in [0, 0.05) is 0 Å². The van der Waals surface area contributed by atoms with Crippen LogP contribution in [0.5, 0.6) is 0 Å². The summed E-state index contributed by atoms with van der Waals surface area (Å²) in [4.78, 5) is 0. The molecule has 0 heterocycles. The molecule has 0 unspecified atom stereocenters. The molecule has 0 fully saturated rings. The molecule has 0 bridgehead atoms. The van der Waals surface area contributed by atoms with Gasteiger partial charge in [-0.25, -0.2) is 0 Å². The quantitative estimate of drug-likeness (QED) is 0.678. The first-order valence-corrected chi connectivity index (χ1v) is 9.17.